The zero-order chi connectivity index (χ0) is 20.6. The number of rotatable bonds is 5. The van der Waals surface area contributed by atoms with E-state index in [0.717, 1.165) is 25.7 Å². The fourth-order valence-electron chi connectivity index (χ4n) is 2.86. The highest BCUT2D eigenvalue weighted by Crippen LogP contribution is 2.23. The molecular weight excluding hydrogens is 358 g/mol. The van der Waals surface area contributed by atoms with Crippen LogP contribution in [-0.2, 0) is 14.3 Å². The molecule has 0 unspecified atom stereocenters. The highest BCUT2D eigenvalue weighted by molar-refractivity contribution is 6.00. The van der Waals surface area contributed by atoms with Gasteiger partial charge < -0.3 is 20.7 Å². The molecule has 7 heteroatoms. The molecule has 0 atom stereocenters. The number of allylic oxidation sites excluding steroid dienone is 1. The maximum Gasteiger partial charge on any atom is 0.408 e. The minimum atomic E-state index is -0.653. The van der Waals surface area contributed by atoms with Crippen LogP contribution < -0.4 is 16.0 Å². The number of hydrogen-bond donors (Lipinski definition) is 3. The number of ether oxygens (including phenoxy) is 1. The molecular formula is C21H29N3O4. The predicted molar refractivity (Wildman–Crippen MR) is 109 cm³/mol. The van der Waals surface area contributed by atoms with Gasteiger partial charge >= 0.3 is 6.09 Å². The van der Waals surface area contributed by atoms with E-state index in [1.165, 1.54) is 12.0 Å². The molecule has 3 amide bonds. The van der Waals surface area contributed by atoms with Gasteiger partial charge in [0.1, 0.15) is 12.1 Å². The van der Waals surface area contributed by atoms with Gasteiger partial charge in [0.05, 0.1) is 0 Å². The standard InChI is InChI=1S/C21H29N3O4/c1-21(2,3)28-20(27)22-14-19(26)24-17-11-7-10-16(13-17)23-18(25)12-15-8-5-4-6-9-15/h7,10-13H,4-6,8-9,14H2,1-3H3,(H,22,27)(H,23,25)(H,24,26). The first kappa shape index (κ1) is 21.5. The van der Waals surface area contributed by atoms with Crippen molar-refractivity contribution in [2.45, 2.75) is 58.5 Å². The van der Waals surface area contributed by atoms with Crippen LogP contribution in [0.15, 0.2) is 35.9 Å². The van der Waals surface area contributed by atoms with Crippen LogP contribution in [0.5, 0.6) is 0 Å². The number of benzene rings is 1. The molecule has 0 spiro atoms. The zero-order valence-corrected chi connectivity index (χ0v) is 16.8. The summed E-state index contributed by atoms with van der Waals surface area (Å²) in [5, 5.41) is 7.90. The summed E-state index contributed by atoms with van der Waals surface area (Å²) in [4.78, 5) is 35.8. The molecule has 1 aromatic rings. The molecule has 0 bridgehead atoms. The van der Waals surface area contributed by atoms with E-state index in [1.54, 1.807) is 51.1 Å². The maximum atomic E-state index is 12.2. The second kappa shape index (κ2) is 9.92. The second-order valence-corrected chi connectivity index (χ2v) is 7.84. The van der Waals surface area contributed by atoms with Gasteiger partial charge in [-0.25, -0.2) is 4.79 Å². The van der Waals surface area contributed by atoms with Gasteiger partial charge in [-0.2, -0.15) is 0 Å². The van der Waals surface area contributed by atoms with Gasteiger partial charge in [0.2, 0.25) is 11.8 Å². The fourth-order valence-corrected chi connectivity index (χ4v) is 2.86. The predicted octanol–water partition coefficient (Wildman–Crippen LogP) is 3.98. The highest BCUT2D eigenvalue weighted by atomic mass is 16.6. The minimum absolute atomic E-state index is 0.160. The number of alkyl carbamates (subject to hydrolysis) is 1. The van der Waals surface area contributed by atoms with Crippen molar-refractivity contribution in [2.24, 2.45) is 0 Å². The van der Waals surface area contributed by atoms with Gasteiger partial charge in [-0.1, -0.05) is 18.1 Å². The number of nitrogens with one attached hydrogen (secondary N) is 3. The van der Waals surface area contributed by atoms with Crippen LogP contribution >= 0.6 is 0 Å². The van der Waals surface area contributed by atoms with Gasteiger partial charge in [-0.3, -0.25) is 9.59 Å². The van der Waals surface area contributed by atoms with Crippen molar-refractivity contribution in [3.63, 3.8) is 0 Å². The SMILES string of the molecule is CC(C)(C)OC(=O)NCC(=O)Nc1cccc(NC(=O)C=C2CCCCC2)c1. The first-order valence-electron chi connectivity index (χ1n) is 9.58. The van der Waals surface area contributed by atoms with Gasteiger partial charge in [0, 0.05) is 17.5 Å². The third kappa shape index (κ3) is 8.24. The topological polar surface area (TPSA) is 96.5 Å². The van der Waals surface area contributed by atoms with E-state index in [4.69, 9.17) is 4.74 Å². The Kier molecular flexibility index (Phi) is 7.61. The Morgan fingerprint density at radius 3 is 2.32 bits per heavy atom. The summed E-state index contributed by atoms with van der Waals surface area (Å²) < 4.78 is 5.08. The lowest BCUT2D eigenvalue weighted by Gasteiger charge is -2.19. The largest absolute Gasteiger partial charge is 0.444 e. The van der Waals surface area contributed by atoms with Crippen LogP contribution in [-0.4, -0.2) is 30.1 Å². The molecule has 0 heterocycles. The van der Waals surface area contributed by atoms with Crippen molar-refractivity contribution in [3.8, 4) is 0 Å². The molecule has 0 saturated heterocycles. The first-order chi connectivity index (χ1) is 13.2. The van der Waals surface area contributed by atoms with E-state index >= 15 is 0 Å². The van der Waals surface area contributed by atoms with E-state index in [-0.39, 0.29) is 12.5 Å². The Hall–Kier alpha value is -2.83. The molecule has 1 saturated carbocycles. The number of carbonyl (C=O) groups is 3. The monoisotopic (exact) mass is 387 g/mol. The van der Waals surface area contributed by atoms with E-state index in [1.807, 2.05) is 0 Å². The summed E-state index contributed by atoms with van der Waals surface area (Å²) in [6.45, 7) is 5.03. The third-order valence-electron chi connectivity index (χ3n) is 4.04. The zero-order valence-electron chi connectivity index (χ0n) is 16.8. The number of hydrogen-bond acceptors (Lipinski definition) is 4. The minimum Gasteiger partial charge on any atom is -0.444 e. The molecule has 28 heavy (non-hydrogen) atoms. The Morgan fingerprint density at radius 2 is 1.68 bits per heavy atom. The first-order valence-corrected chi connectivity index (χ1v) is 9.58. The van der Waals surface area contributed by atoms with E-state index in [9.17, 15) is 14.4 Å². The van der Waals surface area contributed by atoms with E-state index in [0.29, 0.717) is 11.4 Å². The lowest BCUT2D eigenvalue weighted by molar-refractivity contribution is -0.115. The van der Waals surface area contributed by atoms with Crippen molar-refractivity contribution >= 4 is 29.3 Å². The molecule has 152 valence electrons. The molecule has 7 nitrogen and oxygen atoms in total. The Balaban J connectivity index is 1.84. The summed E-state index contributed by atoms with van der Waals surface area (Å²) in [6.07, 6.45) is 6.48. The molecule has 2 rings (SSSR count). The van der Waals surface area contributed by atoms with Crippen molar-refractivity contribution < 1.29 is 19.1 Å². The van der Waals surface area contributed by atoms with Crippen molar-refractivity contribution in [3.05, 3.63) is 35.9 Å². The second-order valence-electron chi connectivity index (χ2n) is 7.84. The van der Waals surface area contributed by atoms with Gasteiger partial charge in [-0.05, 0) is 64.7 Å². The van der Waals surface area contributed by atoms with Crippen LogP contribution in [0.2, 0.25) is 0 Å². The summed E-state index contributed by atoms with van der Waals surface area (Å²) in [5.74, 6) is -0.550. The molecule has 0 aromatic heterocycles. The summed E-state index contributed by atoms with van der Waals surface area (Å²) in [7, 11) is 0. The number of anilines is 2. The van der Waals surface area contributed by atoms with Gasteiger partial charge in [0.25, 0.3) is 0 Å². The smallest absolute Gasteiger partial charge is 0.408 e. The van der Waals surface area contributed by atoms with Crippen molar-refractivity contribution in [1.82, 2.24) is 5.32 Å². The van der Waals surface area contributed by atoms with Crippen LogP contribution in [0, 0.1) is 0 Å². The van der Waals surface area contributed by atoms with Crippen molar-refractivity contribution in [2.75, 3.05) is 17.2 Å². The average Bonchev–Trinajstić information content (AvgIpc) is 2.59. The molecule has 1 aromatic carbocycles. The van der Waals surface area contributed by atoms with Crippen molar-refractivity contribution in [1.29, 1.82) is 0 Å². The van der Waals surface area contributed by atoms with E-state index < -0.39 is 17.6 Å². The molecule has 0 radical (unpaired) electrons. The quantitative estimate of drug-likeness (QED) is 0.666. The molecule has 0 aliphatic heterocycles. The van der Waals surface area contributed by atoms with Crippen LogP contribution in [0.3, 0.4) is 0 Å². The summed E-state index contributed by atoms with van der Waals surface area (Å²) in [5.41, 5.74) is 1.68. The average molecular weight is 387 g/mol. The summed E-state index contributed by atoms with van der Waals surface area (Å²) in [6, 6.07) is 6.87. The maximum absolute atomic E-state index is 12.2. The molecule has 1 fully saturated rings. The van der Waals surface area contributed by atoms with E-state index in [2.05, 4.69) is 16.0 Å². The number of carbonyl (C=O) groups excluding carboxylic acids is 3. The Morgan fingerprint density at radius 1 is 1.04 bits per heavy atom. The lowest BCUT2D eigenvalue weighted by Crippen LogP contribution is -2.37. The molecule has 1 aliphatic rings. The van der Waals surface area contributed by atoms with Gasteiger partial charge in [-0.15, -0.1) is 0 Å². The summed E-state index contributed by atoms with van der Waals surface area (Å²) >= 11 is 0. The third-order valence-corrected chi connectivity index (χ3v) is 4.04. The van der Waals surface area contributed by atoms with Crippen LogP contribution in [0.25, 0.3) is 0 Å². The normalized spacial score (nSPS) is 14.0. The van der Waals surface area contributed by atoms with Crippen LogP contribution in [0.4, 0.5) is 16.2 Å². The fraction of sp³-hybridized carbons (Fsp3) is 0.476. The lowest BCUT2D eigenvalue weighted by atomic mass is 9.94. The van der Waals surface area contributed by atoms with Crippen LogP contribution in [0.1, 0.15) is 52.9 Å². The highest BCUT2D eigenvalue weighted by Gasteiger charge is 2.16. The number of amides is 3. The Labute approximate surface area is 165 Å². The van der Waals surface area contributed by atoms with Gasteiger partial charge in [0.15, 0.2) is 0 Å². The molecule has 3 N–H and O–H groups in total. The Bertz CT molecular complexity index is 742. The molecule has 1 aliphatic carbocycles.